The van der Waals surface area contributed by atoms with Crippen molar-refractivity contribution in [1.82, 2.24) is 0 Å². The van der Waals surface area contributed by atoms with Crippen molar-refractivity contribution in [3.8, 4) is 0 Å². The molecule has 1 rings (SSSR count). The number of carbonyl (C=O) groups excluding carboxylic acids is 1. The maximum atomic E-state index is 13.3. The van der Waals surface area contributed by atoms with E-state index >= 15 is 0 Å². The number of carbonyl (C=O) groups is 1. The molecule has 0 heterocycles. The van der Waals surface area contributed by atoms with Crippen molar-refractivity contribution < 1.29 is 19.4 Å². The van der Waals surface area contributed by atoms with Crippen LogP contribution in [0.25, 0.3) is 0 Å². The Labute approximate surface area is 115 Å². The first kappa shape index (κ1) is 15.9. The Hall–Kier alpha value is -1.11. The van der Waals surface area contributed by atoms with E-state index in [1.807, 2.05) is 0 Å². The summed E-state index contributed by atoms with van der Waals surface area (Å²) in [5, 5.41) is 19.8. The monoisotopic (exact) mass is 287 g/mol. The van der Waals surface area contributed by atoms with Crippen LogP contribution in [0, 0.1) is 12.7 Å². The van der Waals surface area contributed by atoms with E-state index in [1.165, 1.54) is 13.0 Å². The van der Waals surface area contributed by atoms with E-state index in [0.717, 1.165) is 17.8 Å². The Kier molecular flexibility index (Phi) is 5.78. The summed E-state index contributed by atoms with van der Waals surface area (Å²) in [6.07, 6.45) is -2.04. The molecule has 106 valence electrons. The van der Waals surface area contributed by atoms with Gasteiger partial charge in [-0.2, -0.15) is 0 Å². The van der Waals surface area contributed by atoms with E-state index in [-0.39, 0.29) is 22.8 Å². The number of benzene rings is 1. The van der Waals surface area contributed by atoms with E-state index in [4.69, 9.17) is 5.73 Å². The predicted molar refractivity (Wildman–Crippen MR) is 74.3 cm³/mol. The number of halogens is 1. The normalized spacial score (nSPS) is 14.2. The van der Waals surface area contributed by atoms with Crippen LogP contribution in [0.3, 0.4) is 0 Å². The van der Waals surface area contributed by atoms with Gasteiger partial charge in [0.25, 0.3) is 0 Å². The minimum atomic E-state index is -1.22. The van der Waals surface area contributed by atoms with E-state index in [2.05, 4.69) is 0 Å². The largest absolute Gasteiger partial charge is 0.398 e. The quantitative estimate of drug-likeness (QED) is 0.719. The van der Waals surface area contributed by atoms with Gasteiger partial charge in [0.1, 0.15) is 11.9 Å². The highest BCUT2D eigenvalue weighted by molar-refractivity contribution is 8.13. The van der Waals surface area contributed by atoms with Gasteiger partial charge in [0.05, 0.1) is 6.10 Å². The molecule has 0 aliphatic rings. The summed E-state index contributed by atoms with van der Waals surface area (Å²) in [5.74, 6) is -0.153. The lowest BCUT2D eigenvalue weighted by molar-refractivity contribution is -0.109. The molecule has 0 aromatic heterocycles. The molecule has 19 heavy (non-hydrogen) atoms. The van der Waals surface area contributed by atoms with Gasteiger partial charge in [-0.25, -0.2) is 4.39 Å². The summed E-state index contributed by atoms with van der Waals surface area (Å²) < 4.78 is 13.3. The van der Waals surface area contributed by atoms with Crippen LogP contribution < -0.4 is 5.73 Å². The molecular weight excluding hydrogens is 269 g/mol. The van der Waals surface area contributed by atoms with E-state index in [1.54, 1.807) is 6.92 Å². The number of aliphatic hydroxyl groups excluding tert-OH is 2. The highest BCUT2D eigenvalue weighted by Gasteiger charge is 2.21. The molecule has 4 nitrogen and oxygen atoms in total. The molecule has 6 heteroatoms. The van der Waals surface area contributed by atoms with Gasteiger partial charge in [-0.3, -0.25) is 4.79 Å². The minimum Gasteiger partial charge on any atom is -0.398 e. The van der Waals surface area contributed by atoms with Gasteiger partial charge in [-0.1, -0.05) is 11.8 Å². The number of hydrogen-bond donors (Lipinski definition) is 3. The molecular formula is C13H18FNO3S. The molecule has 0 aliphatic heterocycles. The maximum Gasteiger partial charge on any atom is 0.185 e. The lowest BCUT2D eigenvalue weighted by Gasteiger charge is -2.20. The molecule has 0 radical (unpaired) electrons. The first-order chi connectivity index (χ1) is 8.82. The molecule has 0 aliphatic carbocycles. The van der Waals surface area contributed by atoms with Crippen molar-refractivity contribution in [2.75, 3.05) is 11.5 Å². The van der Waals surface area contributed by atoms with Crippen molar-refractivity contribution in [2.24, 2.45) is 0 Å². The van der Waals surface area contributed by atoms with Crippen LogP contribution in [0.5, 0.6) is 0 Å². The van der Waals surface area contributed by atoms with E-state index < -0.39 is 18.0 Å². The zero-order chi connectivity index (χ0) is 14.6. The zero-order valence-electron chi connectivity index (χ0n) is 10.9. The van der Waals surface area contributed by atoms with Crippen molar-refractivity contribution in [3.05, 3.63) is 29.1 Å². The second-order valence-electron chi connectivity index (χ2n) is 4.35. The first-order valence-corrected chi connectivity index (χ1v) is 6.86. The highest BCUT2D eigenvalue weighted by Crippen LogP contribution is 2.27. The fourth-order valence-electron chi connectivity index (χ4n) is 1.72. The predicted octanol–water partition coefficient (Wildman–Crippen LogP) is 1.78. The summed E-state index contributed by atoms with van der Waals surface area (Å²) in [5.41, 5.74) is 6.68. The van der Waals surface area contributed by atoms with Crippen LogP contribution in [0.1, 0.15) is 30.6 Å². The van der Waals surface area contributed by atoms with Gasteiger partial charge in [0, 0.05) is 18.4 Å². The molecule has 0 saturated carbocycles. The number of thioether (sulfide) groups is 1. The standard InChI is InChI=1S/C13H18FNO3S/c1-7-10(5-9(14)6-11(7)15)13(18)12(17)3-4-19-8(2)16/h5-6,12-13,17-18H,3-4,15H2,1-2H3. The Morgan fingerprint density at radius 2 is 2.11 bits per heavy atom. The number of nitrogens with two attached hydrogens (primary N) is 1. The van der Waals surface area contributed by atoms with Crippen molar-refractivity contribution in [1.29, 1.82) is 0 Å². The molecule has 1 aromatic rings. The number of rotatable bonds is 5. The molecule has 4 N–H and O–H groups in total. The summed E-state index contributed by atoms with van der Waals surface area (Å²) in [6.45, 7) is 3.09. The van der Waals surface area contributed by atoms with E-state index in [9.17, 15) is 19.4 Å². The smallest absolute Gasteiger partial charge is 0.185 e. The van der Waals surface area contributed by atoms with Crippen LogP contribution in [-0.2, 0) is 4.79 Å². The topological polar surface area (TPSA) is 83.5 Å². The van der Waals surface area contributed by atoms with Crippen LogP contribution in [0.15, 0.2) is 12.1 Å². The van der Waals surface area contributed by atoms with Gasteiger partial charge in [0.2, 0.25) is 0 Å². The van der Waals surface area contributed by atoms with E-state index in [0.29, 0.717) is 11.3 Å². The maximum absolute atomic E-state index is 13.3. The van der Waals surface area contributed by atoms with Crippen LogP contribution in [0.2, 0.25) is 0 Å². The molecule has 0 spiro atoms. The lowest BCUT2D eigenvalue weighted by atomic mass is 9.97. The summed E-state index contributed by atoms with van der Waals surface area (Å²) in [7, 11) is 0. The Bertz CT molecular complexity index is 467. The average molecular weight is 287 g/mol. The summed E-state index contributed by atoms with van der Waals surface area (Å²) in [6, 6.07) is 2.33. The average Bonchev–Trinajstić information content (AvgIpc) is 2.32. The molecule has 0 fully saturated rings. The second kappa shape index (κ2) is 6.88. The molecule has 2 unspecified atom stereocenters. The fraction of sp³-hybridized carbons (Fsp3) is 0.462. The van der Waals surface area contributed by atoms with Crippen molar-refractivity contribution in [2.45, 2.75) is 32.5 Å². The number of aliphatic hydroxyl groups is 2. The summed E-state index contributed by atoms with van der Waals surface area (Å²) in [4.78, 5) is 10.8. The number of anilines is 1. The first-order valence-electron chi connectivity index (χ1n) is 5.88. The zero-order valence-corrected chi connectivity index (χ0v) is 11.7. The van der Waals surface area contributed by atoms with Crippen LogP contribution >= 0.6 is 11.8 Å². The van der Waals surface area contributed by atoms with Crippen molar-refractivity contribution >= 4 is 22.6 Å². The third-order valence-corrected chi connectivity index (χ3v) is 3.70. The van der Waals surface area contributed by atoms with Gasteiger partial charge in [-0.15, -0.1) is 0 Å². The number of hydrogen-bond acceptors (Lipinski definition) is 5. The van der Waals surface area contributed by atoms with Crippen LogP contribution in [0.4, 0.5) is 10.1 Å². The van der Waals surface area contributed by atoms with Crippen molar-refractivity contribution in [3.63, 3.8) is 0 Å². The fourth-order valence-corrected chi connectivity index (χ4v) is 2.36. The Balaban J connectivity index is 2.76. The third kappa shape index (κ3) is 4.49. The summed E-state index contributed by atoms with van der Waals surface area (Å²) >= 11 is 1.07. The molecule has 0 amide bonds. The Morgan fingerprint density at radius 3 is 2.68 bits per heavy atom. The second-order valence-corrected chi connectivity index (χ2v) is 5.62. The third-order valence-electron chi connectivity index (χ3n) is 2.85. The molecule has 2 atom stereocenters. The Morgan fingerprint density at radius 1 is 1.47 bits per heavy atom. The molecule has 1 aromatic carbocycles. The van der Waals surface area contributed by atoms with Gasteiger partial charge < -0.3 is 15.9 Å². The lowest BCUT2D eigenvalue weighted by Crippen LogP contribution is -2.20. The van der Waals surface area contributed by atoms with Gasteiger partial charge >= 0.3 is 0 Å². The van der Waals surface area contributed by atoms with Crippen LogP contribution in [-0.4, -0.2) is 27.2 Å². The minimum absolute atomic E-state index is 0.0483. The molecule has 0 saturated heterocycles. The van der Waals surface area contributed by atoms with Gasteiger partial charge in [-0.05, 0) is 36.6 Å². The highest BCUT2D eigenvalue weighted by atomic mass is 32.2. The van der Waals surface area contributed by atoms with Gasteiger partial charge in [0.15, 0.2) is 5.12 Å². The number of nitrogen functional groups attached to an aromatic ring is 1. The molecule has 0 bridgehead atoms. The SMILES string of the molecule is CC(=O)SCCC(O)C(O)c1cc(F)cc(N)c1C.